The lowest BCUT2D eigenvalue weighted by Gasteiger charge is -2.35. The second-order valence-corrected chi connectivity index (χ2v) is 6.71. The Hall–Kier alpha value is -3.13. The Labute approximate surface area is 167 Å². The van der Waals surface area contributed by atoms with Crippen LogP contribution in [0.15, 0.2) is 55.1 Å². The number of halogens is 1. The SMILES string of the molecule is O=C(COc1ccccc1Cl)N1CCN(c2ccc(-n3ccnc3)nn2)CC1. The monoisotopic (exact) mass is 398 g/mol. The maximum atomic E-state index is 12.4. The van der Waals surface area contributed by atoms with Crippen LogP contribution in [0, 0.1) is 0 Å². The first-order valence-corrected chi connectivity index (χ1v) is 9.30. The molecule has 0 unspecified atom stereocenters. The summed E-state index contributed by atoms with van der Waals surface area (Å²) in [5, 5.41) is 9.04. The van der Waals surface area contributed by atoms with E-state index in [0.29, 0.717) is 42.8 Å². The van der Waals surface area contributed by atoms with Crippen LogP contribution < -0.4 is 9.64 Å². The predicted octanol–water partition coefficient (Wildman–Crippen LogP) is 2.04. The number of rotatable bonds is 5. The number of imidazole rings is 1. The first-order chi connectivity index (χ1) is 13.7. The molecule has 1 amide bonds. The smallest absolute Gasteiger partial charge is 0.260 e. The molecule has 3 heterocycles. The zero-order valence-electron chi connectivity index (χ0n) is 15.1. The summed E-state index contributed by atoms with van der Waals surface area (Å²) < 4.78 is 7.34. The molecule has 0 saturated carbocycles. The van der Waals surface area contributed by atoms with Crippen LogP contribution in [0.25, 0.3) is 5.82 Å². The maximum Gasteiger partial charge on any atom is 0.260 e. The summed E-state index contributed by atoms with van der Waals surface area (Å²) in [5.41, 5.74) is 0. The van der Waals surface area contributed by atoms with Crippen molar-refractivity contribution >= 4 is 23.3 Å². The van der Waals surface area contributed by atoms with Gasteiger partial charge in [0.05, 0.1) is 5.02 Å². The van der Waals surface area contributed by atoms with Crippen molar-refractivity contribution in [2.45, 2.75) is 0 Å². The van der Waals surface area contributed by atoms with E-state index < -0.39 is 0 Å². The standard InChI is InChI=1S/C19H19ClN6O2/c20-15-3-1-2-4-16(15)28-13-19(27)25-11-9-24(10-12-25)17-5-6-18(23-22-17)26-8-7-21-14-26/h1-8,14H,9-13H2. The van der Waals surface area contributed by atoms with Crippen molar-refractivity contribution in [2.24, 2.45) is 0 Å². The first kappa shape index (κ1) is 18.2. The third kappa shape index (κ3) is 4.07. The number of nitrogens with zero attached hydrogens (tertiary/aromatic N) is 6. The normalized spacial score (nSPS) is 14.2. The molecular weight excluding hydrogens is 380 g/mol. The van der Waals surface area contributed by atoms with Gasteiger partial charge in [-0.3, -0.25) is 9.36 Å². The minimum absolute atomic E-state index is 0.0247. The van der Waals surface area contributed by atoms with Gasteiger partial charge in [-0.15, -0.1) is 10.2 Å². The minimum atomic E-state index is -0.0545. The Morgan fingerprint density at radius 1 is 1.04 bits per heavy atom. The molecule has 28 heavy (non-hydrogen) atoms. The second-order valence-electron chi connectivity index (χ2n) is 6.31. The van der Waals surface area contributed by atoms with Gasteiger partial charge < -0.3 is 14.5 Å². The van der Waals surface area contributed by atoms with Gasteiger partial charge in [-0.1, -0.05) is 23.7 Å². The number of piperazine rings is 1. The first-order valence-electron chi connectivity index (χ1n) is 8.93. The van der Waals surface area contributed by atoms with Crippen LogP contribution in [0.1, 0.15) is 0 Å². The van der Waals surface area contributed by atoms with Crippen molar-refractivity contribution in [3.63, 3.8) is 0 Å². The Kier molecular flexibility index (Phi) is 5.38. The molecule has 0 N–H and O–H groups in total. The Balaban J connectivity index is 1.29. The van der Waals surface area contributed by atoms with Gasteiger partial charge in [0.15, 0.2) is 18.2 Å². The van der Waals surface area contributed by atoms with Gasteiger partial charge in [0.25, 0.3) is 5.91 Å². The van der Waals surface area contributed by atoms with E-state index in [2.05, 4.69) is 20.1 Å². The molecule has 1 saturated heterocycles. The van der Waals surface area contributed by atoms with Crippen LogP contribution >= 0.6 is 11.6 Å². The van der Waals surface area contributed by atoms with Gasteiger partial charge in [-0.05, 0) is 24.3 Å². The molecule has 0 spiro atoms. The van der Waals surface area contributed by atoms with E-state index in [4.69, 9.17) is 16.3 Å². The van der Waals surface area contributed by atoms with Crippen LogP contribution in [0.5, 0.6) is 5.75 Å². The highest BCUT2D eigenvalue weighted by molar-refractivity contribution is 6.32. The topological polar surface area (TPSA) is 76.4 Å². The second kappa shape index (κ2) is 8.26. The summed E-state index contributed by atoms with van der Waals surface area (Å²) >= 11 is 6.05. The number of carbonyl (C=O) groups is 1. The van der Waals surface area contributed by atoms with E-state index >= 15 is 0 Å². The van der Waals surface area contributed by atoms with E-state index in [1.54, 1.807) is 34.1 Å². The van der Waals surface area contributed by atoms with E-state index in [0.717, 1.165) is 5.82 Å². The quantitative estimate of drug-likeness (QED) is 0.654. The van der Waals surface area contributed by atoms with Crippen LogP contribution in [-0.4, -0.2) is 63.3 Å². The van der Waals surface area contributed by atoms with Crippen LogP contribution in [0.4, 0.5) is 5.82 Å². The number of hydrogen-bond donors (Lipinski definition) is 0. The lowest BCUT2D eigenvalue weighted by Crippen LogP contribution is -2.50. The third-order valence-electron chi connectivity index (χ3n) is 4.55. The Morgan fingerprint density at radius 3 is 2.46 bits per heavy atom. The fourth-order valence-corrected chi connectivity index (χ4v) is 3.19. The van der Waals surface area contributed by atoms with Crippen LogP contribution in [-0.2, 0) is 4.79 Å². The van der Waals surface area contributed by atoms with Gasteiger partial charge in [0.1, 0.15) is 12.1 Å². The highest BCUT2D eigenvalue weighted by Gasteiger charge is 2.22. The van der Waals surface area contributed by atoms with E-state index in [-0.39, 0.29) is 12.5 Å². The van der Waals surface area contributed by atoms with Crippen molar-refractivity contribution < 1.29 is 9.53 Å². The number of carbonyl (C=O) groups excluding carboxylic acids is 1. The molecule has 144 valence electrons. The maximum absolute atomic E-state index is 12.4. The average Bonchev–Trinajstić information content (AvgIpc) is 3.28. The highest BCUT2D eigenvalue weighted by Crippen LogP contribution is 2.23. The number of amides is 1. The van der Waals surface area contributed by atoms with Crippen molar-refractivity contribution in [3.8, 4) is 11.6 Å². The molecule has 1 aliphatic heterocycles. The third-order valence-corrected chi connectivity index (χ3v) is 4.86. The van der Waals surface area contributed by atoms with Crippen molar-refractivity contribution in [2.75, 3.05) is 37.7 Å². The molecule has 1 fully saturated rings. The zero-order chi connectivity index (χ0) is 19.3. The van der Waals surface area contributed by atoms with Crippen molar-refractivity contribution in [1.82, 2.24) is 24.6 Å². The predicted molar refractivity (Wildman–Crippen MR) is 105 cm³/mol. The molecular formula is C19H19ClN6O2. The lowest BCUT2D eigenvalue weighted by atomic mass is 10.3. The molecule has 1 aliphatic rings. The van der Waals surface area contributed by atoms with Gasteiger partial charge >= 0.3 is 0 Å². The van der Waals surface area contributed by atoms with Gasteiger partial charge in [-0.25, -0.2) is 4.98 Å². The zero-order valence-corrected chi connectivity index (χ0v) is 15.9. The molecule has 0 radical (unpaired) electrons. The molecule has 8 nitrogen and oxygen atoms in total. The number of para-hydroxylation sites is 1. The number of benzene rings is 1. The molecule has 3 aromatic rings. The molecule has 2 aromatic heterocycles. The molecule has 0 bridgehead atoms. The summed E-state index contributed by atoms with van der Waals surface area (Å²) in [7, 11) is 0. The van der Waals surface area contributed by atoms with Crippen molar-refractivity contribution in [3.05, 3.63) is 60.1 Å². The molecule has 1 aromatic carbocycles. The summed E-state index contributed by atoms with van der Waals surface area (Å²) in [6, 6.07) is 11.0. The summed E-state index contributed by atoms with van der Waals surface area (Å²) in [4.78, 5) is 20.3. The van der Waals surface area contributed by atoms with Gasteiger partial charge in [0.2, 0.25) is 0 Å². The average molecular weight is 399 g/mol. The van der Waals surface area contributed by atoms with Crippen molar-refractivity contribution in [1.29, 1.82) is 0 Å². The molecule has 4 rings (SSSR count). The summed E-state index contributed by atoms with van der Waals surface area (Å²) in [5.74, 6) is 1.97. The molecule has 9 heteroatoms. The highest BCUT2D eigenvalue weighted by atomic mass is 35.5. The largest absolute Gasteiger partial charge is 0.482 e. The van der Waals surface area contributed by atoms with E-state index in [1.807, 2.05) is 30.5 Å². The van der Waals surface area contributed by atoms with Gasteiger partial charge in [0, 0.05) is 38.6 Å². The summed E-state index contributed by atoms with van der Waals surface area (Å²) in [6.07, 6.45) is 5.19. The number of hydrogen-bond acceptors (Lipinski definition) is 6. The Bertz CT molecular complexity index is 924. The number of anilines is 1. The number of ether oxygens (including phenoxy) is 1. The fraction of sp³-hybridized carbons (Fsp3) is 0.263. The van der Waals surface area contributed by atoms with Crippen LogP contribution in [0.2, 0.25) is 5.02 Å². The molecule has 0 aliphatic carbocycles. The minimum Gasteiger partial charge on any atom is -0.482 e. The van der Waals surface area contributed by atoms with Gasteiger partial charge in [-0.2, -0.15) is 0 Å². The van der Waals surface area contributed by atoms with Crippen LogP contribution in [0.3, 0.4) is 0 Å². The Morgan fingerprint density at radius 2 is 1.79 bits per heavy atom. The molecule has 0 atom stereocenters. The van der Waals surface area contributed by atoms with E-state index in [9.17, 15) is 4.79 Å². The number of aromatic nitrogens is 4. The lowest BCUT2D eigenvalue weighted by molar-refractivity contribution is -0.133. The summed E-state index contributed by atoms with van der Waals surface area (Å²) in [6.45, 7) is 2.57. The fourth-order valence-electron chi connectivity index (χ4n) is 3.00. The van der Waals surface area contributed by atoms with E-state index in [1.165, 1.54) is 0 Å².